The predicted octanol–water partition coefficient (Wildman–Crippen LogP) is 1.66. The molecule has 1 aliphatic carbocycles. The molecule has 20 heavy (non-hydrogen) atoms. The lowest BCUT2D eigenvalue weighted by molar-refractivity contribution is -0.137. The predicted molar refractivity (Wildman–Crippen MR) is 75.1 cm³/mol. The summed E-state index contributed by atoms with van der Waals surface area (Å²) in [4.78, 5) is 11.1. The van der Waals surface area contributed by atoms with Crippen molar-refractivity contribution in [2.24, 2.45) is 0 Å². The molecular formula is C14H19NO4S. The van der Waals surface area contributed by atoms with E-state index in [-0.39, 0.29) is 4.90 Å². The first-order valence-corrected chi connectivity index (χ1v) is 8.12. The highest BCUT2D eigenvalue weighted by molar-refractivity contribution is 7.89. The molecule has 0 radical (unpaired) electrons. The third kappa shape index (κ3) is 2.86. The monoisotopic (exact) mass is 297 g/mol. The van der Waals surface area contributed by atoms with E-state index in [1.54, 1.807) is 26.0 Å². The van der Waals surface area contributed by atoms with E-state index in [9.17, 15) is 13.2 Å². The molecule has 0 spiro atoms. The van der Waals surface area contributed by atoms with E-state index in [1.807, 2.05) is 6.07 Å². The summed E-state index contributed by atoms with van der Waals surface area (Å²) < 4.78 is 26.2. The largest absolute Gasteiger partial charge is 0.480 e. The first kappa shape index (κ1) is 15.0. The van der Waals surface area contributed by atoms with Gasteiger partial charge >= 0.3 is 5.97 Å². The summed E-state index contributed by atoms with van der Waals surface area (Å²) in [7, 11) is -3.76. The molecule has 0 amide bonds. The van der Waals surface area contributed by atoms with E-state index < -0.39 is 28.6 Å². The Kier molecular flexibility index (Phi) is 4.15. The fourth-order valence-corrected chi connectivity index (χ4v) is 4.16. The van der Waals surface area contributed by atoms with Gasteiger partial charge in [-0.25, -0.2) is 8.42 Å². The molecule has 0 aliphatic heterocycles. The van der Waals surface area contributed by atoms with Gasteiger partial charge in [-0.05, 0) is 56.4 Å². The first-order chi connectivity index (χ1) is 9.32. The lowest BCUT2D eigenvalue weighted by Crippen LogP contribution is -2.40. The molecule has 0 saturated carbocycles. The van der Waals surface area contributed by atoms with E-state index in [0.29, 0.717) is 0 Å². The number of hydrogen-bond donors (Lipinski definition) is 1. The fraction of sp³-hybridized carbons (Fsp3) is 0.500. The molecule has 0 unspecified atom stereocenters. The molecule has 0 atom stereocenters. The second-order valence-corrected chi connectivity index (χ2v) is 7.21. The van der Waals surface area contributed by atoms with Crippen LogP contribution < -0.4 is 0 Å². The van der Waals surface area contributed by atoms with Crippen molar-refractivity contribution >= 4 is 16.0 Å². The molecule has 1 aromatic rings. The number of nitrogens with zero attached hydrogens (tertiary/aromatic N) is 1. The van der Waals surface area contributed by atoms with Crippen LogP contribution >= 0.6 is 0 Å². The Balaban J connectivity index is 2.40. The van der Waals surface area contributed by atoms with Crippen molar-refractivity contribution in [2.45, 2.75) is 44.0 Å². The van der Waals surface area contributed by atoms with Gasteiger partial charge in [0.2, 0.25) is 10.0 Å². The number of aliphatic carboxylic acids is 1. The average Bonchev–Trinajstić information content (AvgIpc) is 2.82. The standard InChI is InChI=1S/C14H19NO4S/c1-10(2)15(9-14(16)17)20(18,19)13-7-6-11-4-3-5-12(11)8-13/h6-8,10H,3-5,9H2,1-2H3,(H,16,17). The molecule has 6 heteroatoms. The summed E-state index contributed by atoms with van der Waals surface area (Å²) >= 11 is 0. The zero-order valence-electron chi connectivity index (χ0n) is 11.7. The number of carboxylic acids is 1. The molecule has 0 fully saturated rings. The molecule has 110 valence electrons. The van der Waals surface area contributed by atoms with Gasteiger partial charge in [0.1, 0.15) is 6.54 Å². The third-order valence-electron chi connectivity index (χ3n) is 3.54. The SMILES string of the molecule is CC(C)N(CC(=O)O)S(=O)(=O)c1ccc2c(c1)CCC2. The second-order valence-electron chi connectivity index (χ2n) is 5.32. The van der Waals surface area contributed by atoms with Gasteiger partial charge in [-0.3, -0.25) is 4.79 Å². The molecule has 0 heterocycles. The highest BCUT2D eigenvalue weighted by Gasteiger charge is 2.29. The quantitative estimate of drug-likeness (QED) is 0.897. The van der Waals surface area contributed by atoms with Gasteiger partial charge in [-0.1, -0.05) is 6.07 Å². The Labute approximate surface area is 119 Å². The normalized spacial score (nSPS) is 14.8. The molecule has 1 aromatic carbocycles. The van der Waals surface area contributed by atoms with Gasteiger partial charge in [0, 0.05) is 6.04 Å². The fourth-order valence-electron chi connectivity index (χ4n) is 2.52. The summed E-state index contributed by atoms with van der Waals surface area (Å²) in [6, 6.07) is 4.71. The van der Waals surface area contributed by atoms with E-state index in [0.717, 1.165) is 29.1 Å². The smallest absolute Gasteiger partial charge is 0.318 e. The minimum absolute atomic E-state index is 0.188. The van der Waals surface area contributed by atoms with Gasteiger partial charge in [-0.2, -0.15) is 4.31 Å². The van der Waals surface area contributed by atoms with Crippen LogP contribution in [0.2, 0.25) is 0 Å². The van der Waals surface area contributed by atoms with Crippen molar-refractivity contribution in [2.75, 3.05) is 6.54 Å². The van der Waals surface area contributed by atoms with E-state index in [2.05, 4.69) is 0 Å². The highest BCUT2D eigenvalue weighted by Crippen LogP contribution is 2.26. The summed E-state index contributed by atoms with van der Waals surface area (Å²) in [5.41, 5.74) is 2.25. The second kappa shape index (κ2) is 5.54. The van der Waals surface area contributed by atoms with E-state index in [1.165, 1.54) is 5.56 Å². The van der Waals surface area contributed by atoms with Crippen molar-refractivity contribution in [1.29, 1.82) is 0 Å². The van der Waals surface area contributed by atoms with Gasteiger partial charge in [0.05, 0.1) is 4.90 Å². The minimum Gasteiger partial charge on any atom is -0.480 e. The van der Waals surface area contributed by atoms with Crippen LogP contribution in [-0.4, -0.2) is 36.4 Å². The van der Waals surface area contributed by atoms with Crippen LogP contribution in [0.4, 0.5) is 0 Å². The third-order valence-corrected chi connectivity index (χ3v) is 5.56. The van der Waals surface area contributed by atoms with Crippen LogP contribution in [-0.2, 0) is 27.7 Å². The highest BCUT2D eigenvalue weighted by atomic mass is 32.2. The molecule has 2 rings (SSSR count). The average molecular weight is 297 g/mol. The maximum absolute atomic E-state index is 12.6. The van der Waals surface area contributed by atoms with Gasteiger partial charge in [0.15, 0.2) is 0 Å². The summed E-state index contributed by atoms with van der Waals surface area (Å²) in [5.74, 6) is -1.15. The van der Waals surface area contributed by atoms with E-state index >= 15 is 0 Å². The number of aryl methyl sites for hydroxylation is 2. The van der Waals surface area contributed by atoms with E-state index in [4.69, 9.17) is 5.11 Å². The number of benzene rings is 1. The number of carboxylic acid groups (broad SMARTS) is 1. The number of hydrogen-bond acceptors (Lipinski definition) is 3. The number of carbonyl (C=O) groups is 1. The zero-order chi connectivity index (χ0) is 14.9. The summed E-state index contributed by atoms with van der Waals surface area (Å²) in [6.07, 6.45) is 2.92. The Bertz CT molecular complexity index is 622. The summed E-state index contributed by atoms with van der Waals surface area (Å²) in [5, 5.41) is 8.89. The molecule has 0 saturated heterocycles. The van der Waals surface area contributed by atoms with Crippen LogP contribution in [0.25, 0.3) is 0 Å². The number of rotatable bonds is 5. The van der Waals surface area contributed by atoms with Crippen LogP contribution in [0.3, 0.4) is 0 Å². The molecule has 0 aromatic heterocycles. The van der Waals surface area contributed by atoms with Crippen molar-refractivity contribution in [3.8, 4) is 0 Å². The van der Waals surface area contributed by atoms with Crippen LogP contribution in [0.15, 0.2) is 23.1 Å². The number of fused-ring (bicyclic) bond motifs is 1. The van der Waals surface area contributed by atoms with Crippen LogP contribution in [0, 0.1) is 0 Å². The van der Waals surface area contributed by atoms with Crippen molar-refractivity contribution in [3.63, 3.8) is 0 Å². The van der Waals surface area contributed by atoms with Crippen molar-refractivity contribution < 1.29 is 18.3 Å². The molecule has 1 aliphatic rings. The van der Waals surface area contributed by atoms with Crippen LogP contribution in [0.1, 0.15) is 31.4 Å². The lowest BCUT2D eigenvalue weighted by Gasteiger charge is -2.24. The lowest BCUT2D eigenvalue weighted by atomic mass is 10.1. The maximum Gasteiger partial charge on any atom is 0.318 e. The minimum atomic E-state index is -3.76. The topological polar surface area (TPSA) is 74.7 Å². The maximum atomic E-state index is 12.6. The molecule has 1 N–H and O–H groups in total. The van der Waals surface area contributed by atoms with Gasteiger partial charge in [-0.15, -0.1) is 0 Å². The van der Waals surface area contributed by atoms with Crippen molar-refractivity contribution in [3.05, 3.63) is 29.3 Å². The van der Waals surface area contributed by atoms with Gasteiger partial charge < -0.3 is 5.11 Å². The Hall–Kier alpha value is -1.40. The zero-order valence-corrected chi connectivity index (χ0v) is 12.5. The Morgan fingerprint density at radius 3 is 2.55 bits per heavy atom. The van der Waals surface area contributed by atoms with Gasteiger partial charge in [0.25, 0.3) is 0 Å². The summed E-state index contributed by atoms with van der Waals surface area (Å²) in [6.45, 7) is 2.83. The Morgan fingerprint density at radius 2 is 1.95 bits per heavy atom. The number of sulfonamides is 1. The first-order valence-electron chi connectivity index (χ1n) is 6.68. The Morgan fingerprint density at radius 1 is 1.30 bits per heavy atom. The molecule has 5 nitrogen and oxygen atoms in total. The van der Waals surface area contributed by atoms with Crippen molar-refractivity contribution in [1.82, 2.24) is 4.31 Å². The molecule has 0 bridgehead atoms. The molecular weight excluding hydrogens is 278 g/mol. The van der Waals surface area contributed by atoms with Crippen LogP contribution in [0.5, 0.6) is 0 Å².